The van der Waals surface area contributed by atoms with E-state index in [1.807, 2.05) is 0 Å². The van der Waals surface area contributed by atoms with Crippen molar-refractivity contribution in [2.24, 2.45) is 0 Å². The lowest BCUT2D eigenvalue weighted by molar-refractivity contribution is 0.0527. The van der Waals surface area contributed by atoms with Gasteiger partial charge in [0.25, 0.3) is 0 Å². The minimum Gasteiger partial charge on any atom is -0.444 e. The van der Waals surface area contributed by atoms with Crippen LogP contribution in [0.2, 0.25) is 5.02 Å². The van der Waals surface area contributed by atoms with Crippen LogP contribution in [0.25, 0.3) is 0 Å². The smallest absolute Gasteiger partial charge is 0.407 e. The van der Waals surface area contributed by atoms with Crippen molar-refractivity contribution in [1.82, 2.24) is 5.32 Å². The Bertz CT molecular complexity index is 567. The highest BCUT2D eigenvalue weighted by molar-refractivity contribution is 9.10. The van der Waals surface area contributed by atoms with Gasteiger partial charge in [-0.1, -0.05) is 11.6 Å². The van der Waals surface area contributed by atoms with Crippen LogP contribution < -0.4 is 10.6 Å². The molecule has 0 heterocycles. The van der Waals surface area contributed by atoms with Gasteiger partial charge in [0.1, 0.15) is 11.6 Å². The molecule has 1 unspecified atom stereocenters. The van der Waals surface area contributed by atoms with Gasteiger partial charge < -0.3 is 15.4 Å². The Morgan fingerprint density at radius 1 is 1.50 bits per heavy atom. The van der Waals surface area contributed by atoms with E-state index in [2.05, 4.69) is 32.6 Å². The molecule has 1 aromatic rings. The molecule has 0 aromatic heterocycles. The molecule has 7 heteroatoms. The number of nitrogens with one attached hydrogen (secondary N) is 2. The lowest BCUT2D eigenvalue weighted by Gasteiger charge is -2.20. The average molecular weight is 389 g/mol. The number of ether oxygens (including phenoxy) is 1. The van der Waals surface area contributed by atoms with Crippen LogP contribution >= 0.6 is 27.5 Å². The van der Waals surface area contributed by atoms with Gasteiger partial charge in [0.05, 0.1) is 11.1 Å². The van der Waals surface area contributed by atoms with Gasteiger partial charge in [-0.2, -0.15) is 5.26 Å². The summed E-state index contributed by atoms with van der Waals surface area (Å²) in [5, 5.41) is 15.5. The van der Waals surface area contributed by atoms with E-state index in [4.69, 9.17) is 21.6 Å². The van der Waals surface area contributed by atoms with E-state index in [0.717, 1.165) is 10.2 Å². The van der Waals surface area contributed by atoms with Gasteiger partial charge in [-0.25, -0.2) is 4.79 Å². The Balaban J connectivity index is 2.44. The third kappa shape index (κ3) is 7.01. The Morgan fingerprint density at radius 2 is 2.18 bits per heavy atom. The van der Waals surface area contributed by atoms with Gasteiger partial charge in [-0.05, 0) is 61.3 Å². The second kappa shape index (κ2) is 8.25. The maximum atomic E-state index is 11.5. The van der Waals surface area contributed by atoms with Crippen molar-refractivity contribution in [2.45, 2.75) is 38.8 Å². The number of hydrogen-bond donors (Lipinski definition) is 2. The molecule has 0 saturated heterocycles. The van der Waals surface area contributed by atoms with Crippen LogP contribution in [0.15, 0.2) is 22.7 Å². The molecular weight excluding hydrogens is 370 g/mol. The highest BCUT2D eigenvalue weighted by Crippen LogP contribution is 2.26. The van der Waals surface area contributed by atoms with Gasteiger partial charge in [-0.15, -0.1) is 0 Å². The number of carbonyl (C=O) groups is 1. The van der Waals surface area contributed by atoms with E-state index in [1.54, 1.807) is 39.0 Å². The van der Waals surface area contributed by atoms with E-state index in [-0.39, 0.29) is 0 Å². The molecule has 5 nitrogen and oxygen atoms in total. The lowest BCUT2D eigenvalue weighted by Crippen LogP contribution is -2.34. The van der Waals surface area contributed by atoms with E-state index in [9.17, 15) is 4.79 Å². The lowest BCUT2D eigenvalue weighted by atomic mass is 10.2. The van der Waals surface area contributed by atoms with Crippen molar-refractivity contribution in [1.29, 1.82) is 5.26 Å². The third-order valence-electron chi connectivity index (χ3n) is 2.52. The van der Waals surface area contributed by atoms with Crippen molar-refractivity contribution < 1.29 is 9.53 Å². The molecule has 0 aliphatic carbocycles. The first-order valence-corrected chi connectivity index (χ1v) is 7.96. The SMILES string of the molecule is CC(C)(C)OC(=O)NCCC(C#N)Nc1ccc(Cl)c(Br)c1. The number of hydrogen-bond acceptors (Lipinski definition) is 4. The molecule has 1 amide bonds. The molecule has 22 heavy (non-hydrogen) atoms. The van der Waals surface area contributed by atoms with Gasteiger partial charge in [0.2, 0.25) is 0 Å². The normalized spacial score (nSPS) is 12.2. The maximum absolute atomic E-state index is 11.5. The number of nitrogens with zero attached hydrogens (tertiary/aromatic N) is 1. The molecule has 0 spiro atoms. The van der Waals surface area contributed by atoms with E-state index < -0.39 is 17.7 Å². The number of carbonyl (C=O) groups excluding carboxylic acids is 1. The largest absolute Gasteiger partial charge is 0.444 e. The van der Waals surface area contributed by atoms with Crippen LogP contribution in [0.1, 0.15) is 27.2 Å². The minimum absolute atomic E-state index is 0.342. The molecule has 0 aliphatic heterocycles. The number of halogens is 2. The third-order valence-corrected chi connectivity index (χ3v) is 3.73. The highest BCUT2D eigenvalue weighted by Gasteiger charge is 2.16. The van der Waals surface area contributed by atoms with Gasteiger partial charge in [-0.3, -0.25) is 0 Å². The first-order valence-electron chi connectivity index (χ1n) is 6.79. The topological polar surface area (TPSA) is 74.1 Å². The molecule has 0 fully saturated rings. The summed E-state index contributed by atoms with van der Waals surface area (Å²) in [4.78, 5) is 11.5. The van der Waals surface area contributed by atoms with Crippen molar-refractivity contribution in [3.63, 3.8) is 0 Å². The van der Waals surface area contributed by atoms with Crippen molar-refractivity contribution in [3.8, 4) is 6.07 Å². The van der Waals surface area contributed by atoms with Crippen molar-refractivity contribution >= 4 is 39.3 Å². The summed E-state index contributed by atoms with van der Waals surface area (Å²) < 4.78 is 5.88. The van der Waals surface area contributed by atoms with Gasteiger partial charge in [0, 0.05) is 16.7 Å². The van der Waals surface area contributed by atoms with Crippen LogP contribution in [0, 0.1) is 11.3 Å². The van der Waals surface area contributed by atoms with E-state index in [0.29, 0.717) is 18.0 Å². The monoisotopic (exact) mass is 387 g/mol. The number of nitriles is 1. The molecule has 1 atom stereocenters. The first-order chi connectivity index (χ1) is 10.2. The van der Waals surface area contributed by atoms with Crippen LogP contribution in [-0.4, -0.2) is 24.3 Å². The van der Waals surface area contributed by atoms with Crippen molar-refractivity contribution in [2.75, 3.05) is 11.9 Å². The first kappa shape index (κ1) is 18.6. The zero-order valence-electron chi connectivity index (χ0n) is 12.7. The standard InChI is InChI=1S/C15H19BrClN3O2/c1-15(2,3)22-14(21)19-7-6-11(9-18)20-10-4-5-13(17)12(16)8-10/h4-5,8,11,20H,6-7H2,1-3H3,(H,19,21). The highest BCUT2D eigenvalue weighted by atomic mass is 79.9. The molecule has 1 aromatic carbocycles. The number of benzene rings is 1. The zero-order valence-corrected chi connectivity index (χ0v) is 15.1. The number of anilines is 1. The van der Waals surface area contributed by atoms with Crippen LogP contribution in [0.3, 0.4) is 0 Å². The second-order valence-electron chi connectivity index (χ2n) is 5.67. The summed E-state index contributed by atoms with van der Waals surface area (Å²) in [5.41, 5.74) is 0.243. The van der Waals surface area contributed by atoms with Crippen LogP contribution in [0.5, 0.6) is 0 Å². The Morgan fingerprint density at radius 3 is 2.73 bits per heavy atom. The summed E-state index contributed by atoms with van der Waals surface area (Å²) in [6.07, 6.45) is -0.0332. The Labute approximate surface area is 144 Å². The molecule has 1 rings (SSSR count). The summed E-state index contributed by atoms with van der Waals surface area (Å²) in [7, 11) is 0. The number of alkyl carbamates (subject to hydrolysis) is 1. The second-order valence-corrected chi connectivity index (χ2v) is 6.93. The molecule has 0 bridgehead atoms. The zero-order chi connectivity index (χ0) is 16.8. The molecule has 120 valence electrons. The summed E-state index contributed by atoms with van der Waals surface area (Å²) in [5.74, 6) is 0. The fourth-order valence-electron chi connectivity index (χ4n) is 1.59. The fourth-order valence-corrected chi connectivity index (χ4v) is 2.09. The molecule has 0 saturated carbocycles. The summed E-state index contributed by atoms with van der Waals surface area (Å²) in [6, 6.07) is 7.05. The Hall–Kier alpha value is -1.45. The van der Waals surface area contributed by atoms with E-state index >= 15 is 0 Å². The number of amides is 1. The van der Waals surface area contributed by atoms with E-state index in [1.165, 1.54) is 0 Å². The van der Waals surface area contributed by atoms with Gasteiger partial charge >= 0.3 is 6.09 Å². The molecule has 2 N–H and O–H groups in total. The molecule has 0 radical (unpaired) electrons. The number of rotatable bonds is 5. The summed E-state index contributed by atoms with van der Waals surface area (Å²) in [6.45, 7) is 5.73. The average Bonchev–Trinajstić information content (AvgIpc) is 2.39. The summed E-state index contributed by atoms with van der Waals surface area (Å²) >= 11 is 9.25. The van der Waals surface area contributed by atoms with Crippen molar-refractivity contribution in [3.05, 3.63) is 27.7 Å². The molecule has 0 aliphatic rings. The van der Waals surface area contributed by atoms with Crippen LogP contribution in [-0.2, 0) is 4.74 Å². The molecular formula is C15H19BrClN3O2. The Kier molecular flexibility index (Phi) is 6.98. The van der Waals surface area contributed by atoms with Crippen LogP contribution in [0.4, 0.5) is 10.5 Å². The fraction of sp³-hybridized carbons (Fsp3) is 0.467. The maximum Gasteiger partial charge on any atom is 0.407 e. The predicted octanol–water partition coefficient (Wildman–Crippen LogP) is 4.32. The minimum atomic E-state index is -0.535. The predicted molar refractivity (Wildman–Crippen MR) is 91.0 cm³/mol. The van der Waals surface area contributed by atoms with Gasteiger partial charge in [0.15, 0.2) is 0 Å². The quantitative estimate of drug-likeness (QED) is 0.787.